The van der Waals surface area contributed by atoms with E-state index in [9.17, 15) is 0 Å². The van der Waals surface area contributed by atoms with Gasteiger partial charge in [0, 0.05) is 6.54 Å². The summed E-state index contributed by atoms with van der Waals surface area (Å²) in [6.45, 7) is 12.9. The lowest BCUT2D eigenvalue weighted by Gasteiger charge is -2.46. The van der Waals surface area contributed by atoms with Crippen LogP contribution in [0.25, 0.3) is 0 Å². The highest BCUT2D eigenvalue weighted by Crippen LogP contribution is 2.39. The predicted octanol–water partition coefficient (Wildman–Crippen LogP) is 2.84. The van der Waals surface area contributed by atoms with Crippen LogP contribution in [-0.2, 0) is 0 Å². The molecule has 2 rings (SSSR count). The molecule has 0 radical (unpaired) electrons. The molecule has 0 aliphatic carbocycles. The molecule has 0 unspecified atom stereocenters. The third-order valence-corrected chi connectivity index (χ3v) is 4.22. The minimum atomic E-state index is 0.693. The van der Waals surface area contributed by atoms with Crippen molar-refractivity contribution in [3.63, 3.8) is 0 Å². The quantitative estimate of drug-likeness (QED) is 0.678. The lowest BCUT2D eigenvalue weighted by molar-refractivity contribution is 0.0361. The van der Waals surface area contributed by atoms with Gasteiger partial charge >= 0.3 is 0 Å². The zero-order valence-electron chi connectivity index (χ0n) is 11.8. The number of hydrogen-bond acceptors (Lipinski definition) is 2. The molecule has 2 aliphatic rings. The van der Waals surface area contributed by atoms with Gasteiger partial charge in [0.1, 0.15) is 0 Å². The van der Waals surface area contributed by atoms with E-state index in [1.807, 2.05) is 13.8 Å². The van der Waals surface area contributed by atoms with E-state index < -0.39 is 0 Å². The van der Waals surface area contributed by atoms with Gasteiger partial charge in [0.15, 0.2) is 0 Å². The topological polar surface area (TPSA) is 6.48 Å². The molecule has 2 heterocycles. The van der Waals surface area contributed by atoms with E-state index in [4.69, 9.17) is 0 Å². The fourth-order valence-electron chi connectivity index (χ4n) is 3.21. The van der Waals surface area contributed by atoms with Crippen LogP contribution in [0.1, 0.15) is 46.5 Å². The van der Waals surface area contributed by atoms with Gasteiger partial charge in [-0.2, -0.15) is 0 Å². The van der Waals surface area contributed by atoms with Crippen LogP contribution in [-0.4, -0.2) is 49.6 Å². The zero-order chi connectivity index (χ0) is 12.0. The SMILES string of the molecule is CC.CCN1CCC2(CCCN(C)C2)CC1. The van der Waals surface area contributed by atoms with E-state index in [0.717, 1.165) is 0 Å². The van der Waals surface area contributed by atoms with E-state index in [1.165, 1.54) is 58.4 Å². The Morgan fingerprint density at radius 2 is 1.62 bits per heavy atom. The molecule has 2 saturated heterocycles. The van der Waals surface area contributed by atoms with Gasteiger partial charge in [0.05, 0.1) is 0 Å². The van der Waals surface area contributed by atoms with E-state index in [2.05, 4.69) is 23.8 Å². The minimum absolute atomic E-state index is 0.693. The largest absolute Gasteiger partial charge is 0.306 e. The Bertz CT molecular complexity index is 183. The van der Waals surface area contributed by atoms with Crippen molar-refractivity contribution >= 4 is 0 Å². The normalized spacial score (nSPS) is 26.2. The number of hydrogen-bond donors (Lipinski definition) is 0. The molecule has 0 aromatic rings. The maximum atomic E-state index is 2.60. The van der Waals surface area contributed by atoms with Crippen molar-refractivity contribution in [2.24, 2.45) is 5.41 Å². The fraction of sp³-hybridized carbons (Fsp3) is 1.00. The Morgan fingerprint density at radius 1 is 1.00 bits per heavy atom. The van der Waals surface area contributed by atoms with Gasteiger partial charge < -0.3 is 9.80 Å². The van der Waals surface area contributed by atoms with E-state index in [-0.39, 0.29) is 0 Å². The summed E-state index contributed by atoms with van der Waals surface area (Å²) in [7, 11) is 2.28. The Balaban J connectivity index is 0.000000606. The number of piperidine rings is 2. The zero-order valence-corrected chi connectivity index (χ0v) is 11.8. The maximum absolute atomic E-state index is 2.60. The Kier molecular flexibility index (Phi) is 5.77. The van der Waals surface area contributed by atoms with Crippen molar-refractivity contribution in [2.45, 2.75) is 46.5 Å². The first-order valence-corrected chi connectivity index (χ1v) is 7.15. The molecule has 1 spiro atoms. The van der Waals surface area contributed by atoms with E-state index >= 15 is 0 Å². The summed E-state index contributed by atoms with van der Waals surface area (Å²) in [5.41, 5.74) is 0.693. The van der Waals surface area contributed by atoms with Crippen LogP contribution in [0.2, 0.25) is 0 Å². The van der Waals surface area contributed by atoms with Crippen molar-refractivity contribution in [3.05, 3.63) is 0 Å². The van der Waals surface area contributed by atoms with Gasteiger partial charge in [0.2, 0.25) is 0 Å². The first-order valence-electron chi connectivity index (χ1n) is 7.15. The summed E-state index contributed by atoms with van der Waals surface area (Å²) in [4.78, 5) is 5.13. The summed E-state index contributed by atoms with van der Waals surface area (Å²) in [6, 6.07) is 0. The lowest BCUT2D eigenvalue weighted by Crippen LogP contribution is -2.48. The number of rotatable bonds is 1. The van der Waals surface area contributed by atoms with Gasteiger partial charge in [-0.15, -0.1) is 0 Å². The van der Waals surface area contributed by atoms with Gasteiger partial charge in [0.25, 0.3) is 0 Å². The molecule has 96 valence electrons. The second kappa shape index (κ2) is 6.61. The third-order valence-electron chi connectivity index (χ3n) is 4.22. The van der Waals surface area contributed by atoms with Gasteiger partial charge in [-0.25, -0.2) is 0 Å². The average Bonchev–Trinajstić information content (AvgIpc) is 2.33. The highest BCUT2D eigenvalue weighted by atomic mass is 15.1. The molecule has 0 aromatic heterocycles. The Morgan fingerprint density at radius 3 is 2.12 bits per heavy atom. The van der Waals surface area contributed by atoms with Crippen molar-refractivity contribution in [2.75, 3.05) is 39.8 Å². The van der Waals surface area contributed by atoms with Gasteiger partial charge in [-0.1, -0.05) is 20.8 Å². The molecule has 2 fully saturated rings. The molecule has 0 aromatic carbocycles. The number of likely N-dealkylation sites (tertiary alicyclic amines) is 2. The van der Waals surface area contributed by atoms with Crippen LogP contribution in [0, 0.1) is 5.41 Å². The highest BCUT2D eigenvalue weighted by molar-refractivity contribution is 4.90. The monoisotopic (exact) mass is 226 g/mol. The molecule has 0 saturated carbocycles. The number of nitrogens with zero attached hydrogens (tertiary/aromatic N) is 2. The highest BCUT2D eigenvalue weighted by Gasteiger charge is 2.36. The molecule has 2 heteroatoms. The maximum Gasteiger partial charge on any atom is 0.00359 e. The van der Waals surface area contributed by atoms with Crippen molar-refractivity contribution in [1.82, 2.24) is 9.80 Å². The molecule has 0 amide bonds. The molecule has 2 aliphatic heterocycles. The van der Waals surface area contributed by atoms with Crippen LogP contribution in [0.3, 0.4) is 0 Å². The van der Waals surface area contributed by atoms with Crippen molar-refractivity contribution in [1.29, 1.82) is 0 Å². The summed E-state index contributed by atoms with van der Waals surface area (Å²) in [5, 5.41) is 0. The first kappa shape index (κ1) is 14.0. The lowest BCUT2D eigenvalue weighted by atomic mass is 9.72. The summed E-state index contributed by atoms with van der Waals surface area (Å²) in [6.07, 6.45) is 5.77. The molecular weight excluding hydrogens is 196 g/mol. The molecule has 16 heavy (non-hydrogen) atoms. The van der Waals surface area contributed by atoms with Crippen molar-refractivity contribution in [3.8, 4) is 0 Å². The van der Waals surface area contributed by atoms with Crippen LogP contribution in [0.15, 0.2) is 0 Å². The van der Waals surface area contributed by atoms with Gasteiger partial charge in [-0.05, 0) is 64.3 Å². The average molecular weight is 226 g/mol. The van der Waals surface area contributed by atoms with Crippen LogP contribution >= 0.6 is 0 Å². The Labute approximate surface area is 102 Å². The first-order chi connectivity index (χ1) is 7.74. The molecule has 0 N–H and O–H groups in total. The Hall–Kier alpha value is -0.0800. The van der Waals surface area contributed by atoms with Crippen LogP contribution in [0.4, 0.5) is 0 Å². The summed E-state index contributed by atoms with van der Waals surface area (Å²) in [5.74, 6) is 0. The molecular formula is C14H30N2. The van der Waals surface area contributed by atoms with Crippen molar-refractivity contribution < 1.29 is 0 Å². The third kappa shape index (κ3) is 3.46. The minimum Gasteiger partial charge on any atom is -0.306 e. The molecule has 2 nitrogen and oxygen atoms in total. The second-order valence-corrected chi connectivity index (χ2v) is 5.28. The van der Waals surface area contributed by atoms with Crippen LogP contribution < -0.4 is 0 Å². The van der Waals surface area contributed by atoms with Crippen LogP contribution in [0.5, 0.6) is 0 Å². The van der Waals surface area contributed by atoms with E-state index in [1.54, 1.807) is 0 Å². The standard InChI is InChI=1S/C12H24N2.C2H6/c1-3-14-9-6-12(7-10-14)5-4-8-13(2)11-12;1-2/h3-11H2,1-2H3;1-2H3. The fourth-order valence-corrected chi connectivity index (χ4v) is 3.21. The van der Waals surface area contributed by atoms with E-state index in [0.29, 0.717) is 5.41 Å². The van der Waals surface area contributed by atoms with Gasteiger partial charge in [-0.3, -0.25) is 0 Å². The smallest absolute Gasteiger partial charge is 0.00359 e. The summed E-state index contributed by atoms with van der Waals surface area (Å²) >= 11 is 0. The molecule has 0 bridgehead atoms. The summed E-state index contributed by atoms with van der Waals surface area (Å²) < 4.78 is 0. The second-order valence-electron chi connectivity index (χ2n) is 5.28. The molecule has 0 atom stereocenters. The predicted molar refractivity (Wildman–Crippen MR) is 71.9 cm³/mol.